The average molecular weight is 355 g/mol. The van der Waals surface area contributed by atoms with Gasteiger partial charge in [-0.05, 0) is 19.8 Å². The lowest BCUT2D eigenvalue weighted by Gasteiger charge is -2.35. The minimum atomic E-state index is -0.885. The van der Waals surface area contributed by atoms with E-state index in [1.54, 1.807) is 18.6 Å². The molecule has 3 aliphatic rings. The van der Waals surface area contributed by atoms with Crippen LogP contribution in [0, 0.1) is 5.92 Å². The Labute approximate surface area is 130 Å². The molecule has 0 aromatic carbocycles. The number of carbonyl (C=O) groups is 1. The minimum Gasteiger partial charge on any atom is -0.465 e. The summed E-state index contributed by atoms with van der Waals surface area (Å²) in [5, 5.41) is 9.30. The molecule has 8 heteroatoms. The highest BCUT2D eigenvalue weighted by atomic mass is 79.9. The maximum atomic E-state index is 11.3. The molecule has 0 aliphatic carbocycles. The van der Waals surface area contributed by atoms with Crippen molar-refractivity contribution in [2.75, 3.05) is 6.54 Å². The van der Waals surface area contributed by atoms with Gasteiger partial charge in [0.25, 0.3) is 0 Å². The Morgan fingerprint density at radius 3 is 3.05 bits per heavy atom. The molecule has 21 heavy (non-hydrogen) atoms. The Kier molecular flexibility index (Phi) is 3.46. The number of fused-ring (bicyclic) bond motifs is 1. The molecule has 7 nitrogen and oxygen atoms in total. The van der Waals surface area contributed by atoms with Crippen molar-refractivity contribution in [1.82, 2.24) is 4.90 Å². The number of aliphatic imine (C=N–C) groups is 2. The van der Waals surface area contributed by atoms with Gasteiger partial charge in [0.1, 0.15) is 11.9 Å². The molecule has 1 saturated heterocycles. The van der Waals surface area contributed by atoms with Crippen molar-refractivity contribution < 1.29 is 14.5 Å². The number of piperidine rings is 1. The summed E-state index contributed by atoms with van der Waals surface area (Å²) in [7, 11) is 0. The predicted molar refractivity (Wildman–Crippen MR) is 82.4 cm³/mol. The summed E-state index contributed by atoms with van der Waals surface area (Å²) in [6.07, 6.45) is 5.91. The maximum Gasteiger partial charge on any atom is 0.407 e. The van der Waals surface area contributed by atoms with Gasteiger partial charge in [-0.15, -0.1) is 4.59 Å². The molecule has 3 atom stereocenters. The Morgan fingerprint density at radius 2 is 2.33 bits per heavy atom. The Balaban J connectivity index is 1.94. The lowest BCUT2D eigenvalue weighted by molar-refractivity contribution is -0.746. The van der Waals surface area contributed by atoms with E-state index in [1.807, 2.05) is 6.92 Å². The number of likely N-dealkylation sites (tertiary alicyclic amines) is 1. The van der Waals surface area contributed by atoms with Crippen molar-refractivity contribution in [3.63, 3.8) is 0 Å². The van der Waals surface area contributed by atoms with Crippen LogP contribution in [0.2, 0.25) is 0 Å². The van der Waals surface area contributed by atoms with Gasteiger partial charge in [-0.2, -0.15) is 10.8 Å². The highest BCUT2D eigenvalue weighted by molar-refractivity contribution is 9.18. The fraction of sp³-hybridized carbons (Fsp3) is 0.462. The Bertz CT molecular complexity index is 612. The normalized spacial score (nSPS) is 35.0. The number of halogens is 1. The SMILES string of the molecule is CC1CCC(C2=C3C=NC=C[N+]3(N)C(Br)=N2)CN1C(=O)O. The molecule has 3 rings (SSSR count). The maximum absolute atomic E-state index is 11.3. The summed E-state index contributed by atoms with van der Waals surface area (Å²) in [5.41, 5.74) is 1.63. The molecule has 112 valence electrons. The summed E-state index contributed by atoms with van der Waals surface area (Å²) in [4.78, 5) is 21.5. The molecule has 3 unspecified atom stereocenters. The quantitative estimate of drug-likeness (QED) is 0.428. The largest absolute Gasteiger partial charge is 0.465 e. The summed E-state index contributed by atoms with van der Waals surface area (Å²) in [6, 6.07) is 0.0372. The van der Waals surface area contributed by atoms with Crippen LogP contribution in [0.25, 0.3) is 0 Å². The second-order valence-corrected chi connectivity index (χ2v) is 6.27. The molecule has 0 aromatic rings. The Morgan fingerprint density at radius 1 is 1.57 bits per heavy atom. The summed E-state index contributed by atoms with van der Waals surface area (Å²) in [6.45, 7) is 2.38. The number of rotatable bonds is 1. The summed E-state index contributed by atoms with van der Waals surface area (Å²) >= 11 is 3.41. The first kappa shape index (κ1) is 14.4. The van der Waals surface area contributed by atoms with E-state index in [0.717, 1.165) is 24.2 Å². The monoisotopic (exact) mass is 354 g/mol. The van der Waals surface area contributed by atoms with Crippen LogP contribution in [0.15, 0.2) is 33.8 Å². The van der Waals surface area contributed by atoms with Gasteiger partial charge in [0.15, 0.2) is 0 Å². The number of allylic oxidation sites excluding steroid dienone is 1. The molecule has 0 radical (unpaired) electrons. The van der Waals surface area contributed by atoms with Crippen LogP contribution < -0.4 is 5.84 Å². The van der Waals surface area contributed by atoms with Crippen molar-refractivity contribution in [3.8, 4) is 0 Å². The van der Waals surface area contributed by atoms with Crippen LogP contribution in [0.5, 0.6) is 0 Å². The van der Waals surface area contributed by atoms with Crippen LogP contribution in [0.1, 0.15) is 19.8 Å². The molecular weight excluding hydrogens is 338 g/mol. The fourth-order valence-corrected chi connectivity index (χ4v) is 3.49. The van der Waals surface area contributed by atoms with Crippen molar-refractivity contribution in [2.45, 2.75) is 25.8 Å². The van der Waals surface area contributed by atoms with Crippen molar-refractivity contribution in [3.05, 3.63) is 23.8 Å². The average Bonchev–Trinajstić information content (AvgIpc) is 2.71. The topological polar surface area (TPSA) is 91.3 Å². The zero-order valence-corrected chi connectivity index (χ0v) is 13.2. The number of hydrogen-bond acceptors (Lipinski definition) is 4. The van der Waals surface area contributed by atoms with Crippen LogP contribution in [0.3, 0.4) is 0 Å². The van der Waals surface area contributed by atoms with Crippen molar-refractivity contribution >= 4 is 33.0 Å². The molecule has 1 fully saturated rings. The van der Waals surface area contributed by atoms with Crippen LogP contribution in [-0.4, -0.2) is 44.2 Å². The lowest BCUT2D eigenvalue weighted by Crippen LogP contribution is -2.51. The predicted octanol–water partition coefficient (Wildman–Crippen LogP) is 1.99. The second kappa shape index (κ2) is 5.04. The molecule has 0 saturated carbocycles. The van der Waals surface area contributed by atoms with E-state index in [2.05, 4.69) is 25.9 Å². The molecule has 0 aromatic heterocycles. The van der Waals surface area contributed by atoms with E-state index in [0.29, 0.717) is 11.3 Å². The van der Waals surface area contributed by atoms with Crippen molar-refractivity contribution in [2.24, 2.45) is 21.7 Å². The number of nitrogens with zero attached hydrogens (tertiary/aromatic N) is 4. The number of quaternary nitrogens is 1. The third-order valence-electron chi connectivity index (χ3n) is 4.28. The van der Waals surface area contributed by atoms with Crippen molar-refractivity contribution in [1.29, 1.82) is 0 Å². The molecule has 3 heterocycles. The first-order valence-electron chi connectivity index (χ1n) is 6.80. The highest BCUT2D eigenvalue weighted by Gasteiger charge is 2.45. The van der Waals surface area contributed by atoms with Gasteiger partial charge in [-0.25, -0.2) is 4.79 Å². The number of amidine groups is 1. The molecule has 3 N–H and O–H groups in total. The van der Waals surface area contributed by atoms with E-state index < -0.39 is 6.09 Å². The standard InChI is InChI=1S/C13H16BrN5O2/c1-8-2-3-9(7-18(8)13(20)21)11-10-6-16-4-5-19(10,15)12(14)17-11/h4-6,8-9H,2-3,7,15H2,1H3/p+1. The van der Waals surface area contributed by atoms with Gasteiger partial charge in [0.05, 0.1) is 12.4 Å². The van der Waals surface area contributed by atoms with E-state index in [9.17, 15) is 9.90 Å². The van der Waals surface area contributed by atoms with Gasteiger partial charge < -0.3 is 10.0 Å². The summed E-state index contributed by atoms with van der Waals surface area (Å²) in [5.74, 6) is 6.36. The second-order valence-electron chi connectivity index (χ2n) is 5.56. The van der Waals surface area contributed by atoms with Gasteiger partial charge in [-0.1, -0.05) is 0 Å². The number of amides is 1. The Hall–Kier alpha value is -1.51. The van der Waals surface area contributed by atoms with E-state index in [-0.39, 0.29) is 16.6 Å². The number of nitrogens with two attached hydrogens (primary N) is 1. The lowest BCUT2D eigenvalue weighted by atomic mass is 9.90. The third kappa shape index (κ3) is 2.23. The fourth-order valence-electron chi connectivity index (χ4n) is 2.99. The molecular formula is C13H17BrN5O2+. The molecule has 1 amide bonds. The zero-order chi connectivity index (χ0) is 15.2. The van der Waals surface area contributed by atoms with E-state index in [1.165, 1.54) is 4.90 Å². The molecule has 3 aliphatic heterocycles. The minimum absolute atomic E-state index is 0.0298. The van der Waals surface area contributed by atoms with Crippen LogP contribution in [0.4, 0.5) is 4.79 Å². The van der Waals surface area contributed by atoms with Gasteiger partial charge in [0, 0.05) is 34.4 Å². The summed E-state index contributed by atoms with van der Waals surface area (Å²) < 4.78 is 0.563. The third-order valence-corrected chi connectivity index (χ3v) is 5.04. The molecule has 0 spiro atoms. The van der Waals surface area contributed by atoms with E-state index >= 15 is 0 Å². The van der Waals surface area contributed by atoms with E-state index in [4.69, 9.17) is 5.84 Å². The zero-order valence-electron chi connectivity index (χ0n) is 11.6. The van der Waals surface area contributed by atoms with Gasteiger partial charge in [-0.3, -0.25) is 4.99 Å². The van der Waals surface area contributed by atoms with Crippen LogP contribution >= 0.6 is 15.9 Å². The first-order chi connectivity index (χ1) is 9.93. The van der Waals surface area contributed by atoms with Crippen LogP contribution in [-0.2, 0) is 0 Å². The highest BCUT2D eigenvalue weighted by Crippen LogP contribution is 2.37. The first-order valence-corrected chi connectivity index (χ1v) is 7.60. The number of hydrogen-bond donors (Lipinski definition) is 2. The van der Waals surface area contributed by atoms with Gasteiger partial charge >= 0.3 is 10.8 Å². The van der Waals surface area contributed by atoms with Gasteiger partial charge in [0.2, 0.25) is 5.70 Å². The smallest absolute Gasteiger partial charge is 0.407 e. The number of carboxylic acid groups (broad SMARTS) is 1. The molecule has 0 bridgehead atoms.